The Hall–Kier alpha value is -2.06. The maximum absolute atomic E-state index is 13.1. The highest BCUT2D eigenvalue weighted by Gasteiger charge is 2.36. The highest BCUT2D eigenvalue weighted by molar-refractivity contribution is 5.85. The maximum Gasteiger partial charge on any atom is 0.240 e. The molecule has 158 valence electrons. The Morgan fingerprint density at radius 3 is 2.76 bits per heavy atom. The summed E-state index contributed by atoms with van der Waals surface area (Å²) in [7, 11) is 1.93. The summed E-state index contributed by atoms with van der Waals surface area (Å²) in [5, 5.41) is 10.5. The number of fused-ring (bicyclic) bond motifs is 1. The molecule has 2 aliphatic rings. The molecule has 2 atom stereocenters. The minimum absolute atomic E-state index is 0. The first-order chi connectivity index (χ1) is 13.0. The van der Waals surface area contributed by atoms with E-state index in [1.165, 1.54) is 0 Å². The lowest BCUT2D eigenvalue weighted by atomic mass is 10.0. The number of hydrogen-bond donors (Lipinski definition) is 2. The average molecular weight is 441 g/mol. The molecule has 1 saturated heterocycles. The smallest absolute Gasteiger partial charge is 0.240 e. The summed E-state index contributed by atoms with van der Waals surface area (Å²) in [4.78, 5) is 21.0. The van der Waals surface area contributed by atoms with Gasteiger partial charge in [0.05, 0.1) is 12.6 Å². The molecular formula is C20H26Cl2N4O3. The second-order valence-electron chi connectivity index (χ2n) is 7.28. The number of nitrogens with zero attached hydrogens (tertiary/aromatic N) is 3. The number of phenolic OH excluding ortho intramolecular Hbond substituents is 1. The molecule has 9 heteroatoms. The molecular weight excluding hydrogens is 415 g/mol. The Balaban J connectivity index is 0.00000150. The van der Waals surface area contributed by atoms with Crippen molar-refractivity contribution in [3.05, 3.63) is 42.2 Å². The van der Waals surface area contributed by atoms with E-state index in [4.69, 9.17) is 10.5 Å². The van der Waals surface area contributed by atoms with Gasteiger partial charge in [0, 0.05) is 42.7 Å². The Bertz CT molecular complexity index is 853. The Labute approximate surface area is 182 Å². The number of amides is 1. The lowest BCUT2D eigenvalue weighted by Gasteiger charge is -2.27. The van der Waals surface area contributed by atoms with Gasteiger partial charge in [0.2, 0.25) is 5.91 Å². The molecule has 3 N–H and O–H groups in total. The van der Waals surface area contributed by atoms with Crippen LogP contribution in [-0.4, -0.2) is 64.6 Å². The number of nitrogens with two attached hydrogens (primary N) is 1. The third-order valence-electron chi connectivity index (χ3n) is 5.29. The predicted molar refractivity (Wildman–Crippen MR) is 116 cm³/mol. The van der Waals surface area contributed by atoms with E-state index in [9.17, 15) is 9.90 Å². The zero-order valence-corrected chi connectivity index (χ0v) is 17.8. The summed E-state index contributed by atoms with van der Waals surface area (Å²) < 4.78 is 5.76. The first-order valence-electron chi connectivity index (χ1n) is 9.16. The van der Waals surface area contributed by atoms with Gasteiger partial charge in [-0.15, -0.1) is 24.8 Å². The van der Waals surface area contributed by atoms with Crippen LogP contribution in [0.4, 0.5) is 0 Å². The van der Waals surface area contributed by atoms with Gasteiger partial charge in [0.25, 0.3) is 0 Å². The quantitative estimate of drug-likeness (QED) is 0.742. The molecule has 3 heterocycles. The molecule has 0 spiro atoms. The van der Waals surface area contributed by atoms with Crippen LogP contribution in [0.25, 0.3) is 11.1 Å². The fraction of sp³-hybridized carbons (Fsp3) is 0.400. The fourth-order valence-corrected chi connectivity index (χ4v) is 3.93. The second-order valence-corrected chi connectivity index (χ2v) is 7.28. The van der Waals surface area contributed by atoms with E-state index in [-0.39, 0.29) is 48.6 Å². The largest absolute Gasteiger partial charge is 0.504 e. The van der Waals surface area contributed by atoms with Crippen LogP contribution in [0.5, 0.6) is 11.5 Å². The van der Waals surface area contributed by atoms with Crippen molar-refractivity contribution in [2.75, 3.05) is 26.7 Å². The van der Waals surface area contributed by atoms with Gasteiger partial charge in [0.15, 0.2) is 11.5 Å². The van der Waals surface area contributed by atoms with Gasteiger partial charge < -0.3 is 20.5 Å². The molecule has 7 nitrogen and oxygen atoms in total. The molecule has 0 aliphatic carbocycles. The summed E-state index contributed by atoms with van der Waals surface area (Å²) in [5.74, 6) is 0.600. The van der Waals surface area contributed by atoms with E-state index in [2.05, 4.69) is 4.98 Å². The molecule has 1 aromatic heterocycles. The molecule has 0 saturated carbocycles. The monoisotopic (exact) mass is 440 g/mol. The Morgan fingerprint density at radius 1 is 1.31 bits per heavy atom. The summed E-state index contributed by atoms with van der Waals surface area (Å²) in [6.45, 7) is 1.95. The van der Waals surface area contributed by atoms with Crippen LogP contribution in [0.1, 0.15) is 12.0 Å². The van der Waals surface area contributed by atoms with Gasteiger partial charge in [-0.1, -0.05) is 6.07 Å². The molecule has 0 radical (unpaired) electrons. The number of ether oxygens (including phenoxy) is 1. The number of aromatic nitrogens is 1. The van der Waals surface area contributed by atoms with Crippen LogP contribution < -0.4 is 10.5 Å². The fourth-order valence-electron chi connectivity index (χ4n) is 3.93. The number of halogens is 2. The lowest BCUT2D eigenvalue weighted by Crippen LogP contribution is -2.44. The minimum Gasteiger partial charge on any atom is -0.504 e. The van der Waals surface area contributed by atoms with Gasteiger partial charge in [-0.2, -0.15) is 0 Å². The normalized spacial score (nSPS) is 21.2. The molecule has 1 aromatic carbocycles. The van der Waals surface area contributed by atoms with E-state index in [0.29, 0.717) is 31.9 Å². The number of rotatable bonds is 2. The van der Waals surface area contributed by atoms with Crippen LogP contribution in [0.3, 0.4) is 0 Å². The standard InChI is InChI=1S/C20H24N4O3.2ClH/c1-23-12-16(21)9-17(23)20(26)24-5-6-27-19-15(11-24)7-14(8-18(19)25)13-3-2-4-22-10-13;;/h2-4,7-8,10,16-17,25H,5-6,9,11-12,21H2,1H3;2*1H/t16-,17-;;/m0../s1. The van der Waals surface area contributed by atoms with Crippen molar-refractivity contribution >= 4 is 30.7 Å². The van der Waals surface area contributed by atoms with E-state index in [0.717, 1.165) is 23.2 Å². The van der Waals surface area contributed by atoms with Crippen molar-refractivity contribution in [2.24, 2.45) is 5.73 Å². The van der Waals surface area contributed by atoms with Crippen LogP contribution in [0.2, 0.25) is 0 Å². The van der Waals surface area contributed by atoms with Crippen LogP contribution in [0, 0.1) is 0 Å². The molecule has 0 unspecified atom stereocenters. The van der Waals surface area contributed by atoms with E-state index in [1.54, 1.807) is 23.4 Å². The van der Waals surface area contributed by atoms with Crippen molar-refractivity contribution in [1.29, 1.82) is 0 Å². The number of carbonyl (C=O) groups is 1. The second kappa shape index (κ2) is 9.63. The zero-order chi connectivity index (χ0) is 19.0. The summed E-state index contributed by atoms with van der Waals surface area (Å²) >= 11 is 0. The average Bonchev–Trinajstić information content (AvgIpc) is 2.87. The SMILES string of the molecule is CN1C[C@@H](N)C[C@H]1C(=O)N1CCOc2c(O)cc(-c3cccnc3)cc2C1.Cl.Cl. The van der Waals surface area contributed by atoms with Gasteiger partial charge in [-0.05, 0) is 37.2 Å². The van der Waals surface area contributed by atoms with E-state index >= 15 is 0 Å². The molecule has 4 rings (SSSR count). The summed E-state index contributed by atoms with van der Waals surface area (Å²) in [6, 6.07) is 7.25. The summed E-state index contributed by atoms with van der Waals surface area (Å²) in [5.41, 5.74) is 8.56. The van der Waals surface area contributed by atoms with Crippen LogP contribution in [0.15, 0.2) is 36.7 Å². The lowest BCUT2D eigenvalue weighted by molar-refractivity contribution is -0.136. The van der Waals surface area contributed by atoms with Crippen molar-refractivity contribution in [1.82, 2.24) is 14.8 Å². The molecule has 2 aliphatic heterocycles. The molecule has 29 heavy (non-hydrogen) atoms. The van der Waals surface area contributed by atoms with E-state index in [1.807, 2.05) is 30.1 Å². The highest BCUT2D eigenvalue weighted by Crippen LogP contribution is 2.37. The zero-order valence-electron chi connectivity index (χ0n) is 16.2. The van der Waals surface area contributed by atoms with Gasteiger partial charge in [0.1, 0.15) is 6.61 Å². The minimum atomic E-state index is -0.198. The maximum atomic E-state index is 13.1. The van der Waals surface area contributed by atoms with E-state index < -0.39 is 0 Å². The predicted octanol–water partition coefficient (Wildman–Crippen LogP) is 2.05. The molecule has 2 aromatic rings. The summed E-state index contributed by atoms with van der Waals surface area (Å²) in [6.07, 6.45) is 4.12. The number of phenols is 1. The highest BCUT2D eigenvalue weighted by atomic mass is 35.5. The van der Waals surface area contributed by atoms with Crippen molar-refractivity contribution < 1.29 is 14.6 Å². The first-order valence-corrected chi connectivity index (χ1v) is 9.16. The Kier molecular flexibility index (Phi) is 7.71. The third kappa shape index (κ3) is 4.75. The van der Waals surface area contributed by atoms with Crippen molar-refractivity contribution in [3.8, 4) is 22.6 Å². The number of likely N-dealkylation sites (N-methyl/N-ethyl adjacent to an activating group) is 1. The number of benzene rings is 1. The topological polar surface area (TPSA) is 91.9 Å². The number of aromatic hydroxyl groups is 1. The Morgan fingerprint density at radius 2 is 2.10 bits per heavy atom. The van der Waals surface area contributed by atoms with Crippen LogP contribution >= 0.6 is 24.8 Å². The third-order valence-corrected chi connectivity index (χ3v) is 5.29. The number of pyridine rings is 1. The van der Waals surface area contributed by atoms with Gasteiger partial charge in [-0.3, -0.25) is 14.7 Å². The number of carbonyl (C=O) groups excluding carboxylic acids is 1. The molecule has 1 amide bonds. The number of hydrogen-bond acceptors (Lipinski definition) is 6. The molecule has 1 fully saturated rings. The first kappa shape index (κ1) is 23.2. The molecule has 0 bridgehead atoms. The van der Waals surface area contributed by atoms with Crippen molar-refractivity contribution in [3.63, 3.8) is 0 Å². The van der Waals surface area contributed by atoms with Crippen LogP contribution in [-0.2, 0) is 11.3 Å². The number of likely N-dealkylation sites (tertiary alicyclic amines) is 1. The van der Waals surface area contributed by atoms with Crippen molar-refractivity contribution in [2.45, 2.75) is 25.0 Å². The van der Waals surface area contributed by atoms with Gasteiger partial charge in [-0.25, -0.2) is 0 Å². The van der Waals surface area contributed by atoms with Gasteiger partial charge >= 0.3 is 0 Å².